The van der Waals surface area contributed by atoms with Crippen LogP contribution in [-0.4, -0.2) is 30.8 Å². The summed E-state index contributed by atoms with van der Waals surface area (Å²) < 4.78 is 11.5. The van der Waals surface area contributed by atoms with Crippen LogP contribution in [0.3, 0.4) is 0 Å². The van der Waals surface area contributed by atoms with E-state index in [1.165, 1.54) is 12.8 Å². The second kappa shape index (κ2) is 6.69. The zero-order valence-electron chi connectivity index (χ0n) is 10.0. The molecule has 4 nitrogen and oxygen atoms in total. The molecule has 2 unspecified atom stereocenters. The monoisotopic (exact) mass is 236 g/mol. The first-order chi connectivity index (χ1) is 8.40. The van der Waals surface area contributed by atoms with E-state index in [1.807, 2.05) is 12.1 Å². The highest BCUT2D eigenvalue weighted by Crippen LogP contribution is 2.18. The first-order valence-corrected chi connectivity index (χ1v) is 6.23. The molecule has 17 heavy (non-hydrogen) atoms. The Morgan fingerprint density at radius 3 is 3.12 bits per heavy atom. The van der Waals surface area contributed by atoms with Crippen LogP contribution in [0.2, 0.25) is 0 Å². The molecule has 4 heteroatoms. The summed E-state index contributed by atoms with van der Waals surface area (Å²) >= 11 is 0. The van der Waals surface area contributed by atoms with Crippen molar-refractivity contribution in [1.82, 2.24) is 4.98 Å². The number of aromatic nitrogens is 1. The van der Waals surface area contributed by atoms with Crippen LogP contribution < -0.4 is 5.73 Å². The van der Waals surface area contributed by atoms with Crippen LogP contribution in [0.5, 0.6) is 0 Å². The lowest BCUT2D eigenvalue weighted by Gasteiger charge is -2.25. The van der Waals surface area contributed by atoms with Crippen molar-refractivity contribution in [2.75, 3.05) is 19.8 Å². The number of nitrogens with two attached hydrogens (primary N) is 1. The topological polar surface area (TPSA) is 57.4 Å². The van der Waals surface area contributed by atoms with Crippen LogP contribution >= 0.6 is 0 Å². The second-order valence-corrected chi connectivity index (χ2v) is 4.33. The van der Waals surface area contributed by atoms with Crippen molar-refractivity contribution in [2.45, 2.75) is 31.5 Å². The number of pyridine rings is 1. The summed E-state index contributed by atoms with van der Waals surface area (Å²) in [6.45, 7) is 1.95. The molecule has 2 atom stereocenters. The van der Waals surface area contributed by atoms with Crippen LogP contribution in [0.4, 0.5) is 0 Å². The quantitative estimate of drug-likeness (QED) is 0.845. The largest absolute Gasteiger partial charge is 0.376 e. The Kier molecular flexibility index (Phi) is 4.91. The van der Waals surface area contributed by atoms with Gasteiger partial charge in [-0.25, -0.2) is 0 Å². The molecule has 1 aromatic heterocycles. The Morgan fingerprint density at radius 2 is 2.47 bits per heavy atom. The van der Waals surface area contributed by atoms with Crippen molar-refractivity contribution in [1.29, 1.82) is 0 Å². The van der Waals surface area contributed by atoms with Crippen molar-refractivity contribution in [3.63, 3.8) is 0 Å². The summed E-state index contributed by atoms with van der Waals surface area (Å²) in [6, 6.07) is 3.89. The van der Waals surface area contributed by atoms with Gasteiger partial charge in [-0.15, -0.1) is 0 Å². The van der Waals surface area contributed by atoms with Gasteiger partial charge in [-0.05, 0) is 25.3 Å². The highest BCUT2D eigenvalue weighted by atomic mass is 16.5. The zero-order valence-corrected chi connectivity index (χ0v) is 10.0. The molecule has 0 aromatic carbocycles. The molecule has 2 rings (SSSR count). The molecule has 0 radical (unpaired) electrons. The molecule has 0 bridgehead atoms. The normalized spacial score (nSPS) is 22.3. The maximum Gasteiger partial charge on any atom is 0.0963 e. The van der Waals surface area contributed by atoms with Gasteiger partial charge in [0.05, 0.1) is 18.8 Å². The number of hydrogen-bond donors (Lipinski definition) is 1. The molecular formula is C13H20N2O2. The van der Waals surface area contributed by atoms with Crippen LogP contribution in [0.25, 0.3) is 0 Å². The molecular weight excluding hydrogens is 216 g/mol. The van der Waals surface area contributed by atoms with Gasteiger partial charge in [0.25, 0.3) is 0 Å². The number of nitrogens with zero attached hydrogens (tertiary/aromatic N) is 1. The first-order valence-electron chi connectivity index (χ1n) is 6.23. The molecule has 0 aliphatic carbocycles. The summed E-state index contributed by atoms with van der Waals surface area (Å²) in [5, 5.41) is 0. The molecule has 1 saturated heterocycles. The third kappa shape index (κ3) is 3.77. The highest BCUT2D eigenvalue weighted by molar-refractivity contribution is 5.12. The van der Waals surface area contributed by atoms with Crippen molar-refractivity contribution in [3.8, 4) is 0 Å². The van der Waals surface area contributed by atoms with Crippen molar-refractivity contribution in [3.05, 3.63) is 30.1 Å². The Balaban J connectivity index is 1.83. The Hall–Kier alpha value is -0.970. The van der Waals surface area contributed by atoms with Crippen LogP contribution in [0.1, 0.15) is 30.9 Å². The van der Waals surface area contributed by atoms with E-state index >= 15 is 0 Å². The third-order valence-electron chi connectivity index (χ3n) is 3.03. The summed E-state index contributed by atoms with van der Waals surface area (Å²) in [5.41, 5.74) is 6.76. The minimum atomic E-state index is -0.0748. The number of ether oxygens (including phenoxy) is 2. The van der Waals surface area contributed by atoms with Gasteiger partial charge in [0.15, 0.2) is 0 Å². The van der Waals surface area contributed by atoms with Gasteiger partial charge in [0.2, 0.25) is 0 Å². The van der Waals surface area contributed by atoms with E-state index in [4.69, 9.17) is 15.2 Å². The van der Waals surface area contributed by atoms with E-state index < -0.39 is 0 Å². The van der Waals surface area contributed by atoms with E-state index in [0.29, 0.717) is 13.2 Å². The predicted octanol–water partition coefficient (Wildman–Crippen LogP) is 1.67. The van der Waals surface area contributed by atoms with Crippen molar-refractivity contribution < 1.29 is 9.47 Å². The summed E-state index contributed by atoms with van der Waals surface area (Å²) in [4.78, 5) is 4.08. The average molecular weight is 236 g/mol. The van der Waals surface area contributed by atoms with E-state index in [9.17, 15) is 0 Å². The summed E-state index contributed by atoms with van der Waals surface area (Å²) in [6.07, 6.45) is 7.20. The van der Waals surface area contributed by atoms with Crippen molar-refractivity contribution >= 4 is 0 Å². The number of hydrogen-bond acceptors (Lipinski definition) is 4. The Bertz CT molecular complexity index is 312. The molecule has 0 amide bonds. The van der Waals surface area contributed by atoms with Gasteiger partial charge in [0, 0.05) is 31.1 Å². The molecule has 0 saturated carbocycles. The fourth-order valence-corrected chi connectivity index (χ4v) is 2.03. The summed E-state index contributed by atoms with van der Waals surface area (Å²) in [7, 11) is 0. The fourth-order valence-electron chi connectivity index (χ4n) is 2.03. The maximum absolute atomic E-state index is 5.83. The maximum atomic E-state index is 5.83. The summed E-state index contributed by atoms with van der Waals surface area (Å²) in [5.74, 6) is 0. The molecule has 1 aliphatic rings. The lowest BCUT2D eigenvalue weighted by molar-refractivity contribution is -0.0618. The van der Waals surface area contributed by atoms with Crippen LogP contribution in [0, 0.1) is 0 Å². The zero-order chi connectivity index (χ0) is 11.9. The highest BCUT2D eigenvalue weighted by Gasteiger charge is 2.17. The molecule has 94 valence electrons. The second-order valence-electron chi connectivity index (χ2n) is 4.33. The van der Waals surface area contributed by atoms with E-state index in [0.717, 1.165) is 18.6 Å². The predicted molar refractivity (Wildman–Crippen MR) is 65.6 cm³/mol. The molecule has 2 heterocycles. The molecule has 1 aliphatic heterocycles. The average Bonchev–Trinajstić information content (AvgIpc) is 2.42. The first kappa shape index (κ1) is 12.5. The van der Waals surface area contributed by atoms with Crippen LogP contribution in [0.15, 0.2) is 24.5 Å². The minimum Gasteiger partial charge on any atom is -0.376 e. The van der Waals surface area contributed by atoms with Gasteiger partial charge in [-0.2, -0.15) is 0 Å². The van der Waals surface area contributed by atoms with Gasteiger partial charge in [-0.3, -0.25) is 4.98 Å². The van der Waals surface area contributed by atoms with Gasteiger partial charge in [0.1, 0.15) is 0 Å². The fraction of sp³-hybridized carbons (Fsp3) is 0.615. The van der Waals surface area contributed by atoms with Crippen molar-refractivity contribution in [2.24, 2.45) is 5.73 Å². The lowest BCUT2D eigenvalue weighted by Crippen LogP contribution is -2.27. The third-order valence-corrected chi connectivity index (χ3v) is 3.03. The molecule has 0 spiro atoms. The standard InChI is InChI=1S/C13H20N2O2/c14-8-13(11-4-3-6-15-9-11)17-10-12-5-1-2-7-16-12/h3-4,6,9,12-13H,1-2,5,7-8,10,14H2. The Labute approximate surface area is 102 Å². The van der Waals surface area contributed by atoms with Gasteiger partial charge in [-0.1, -0.05) is 6.07 Å². The SMILES string of the molecule is NCC(OCC1CCCCO1)c1cccnc1. The minimum absolute atomic E-state index is 0.0748. The smallest absolute Gasteiger partial charge is 0.0963 e. The van der Waals surface area contributed by atoms with Gasteiger partial charge < -0.3 is 15.2 Å². The van der Waals surface area contributed by atoms with Crippen LogP contribution in [-0.2, 0) is 9.47 Å². The van der Waals surface area contributed by atoms with E-state index in [-0.39, 0.29) is 12.2 Å². The van der Waals surface area contributed by atoms with Gasteiger partial charge >= 0.3 is 0 Å². The molecule has 1 fully saturated rings. The lowest BCUT2D eigenvalue weighted by atomic mass is 10.1. The van der Waals surface area contributed by atoms with E-state index in [2.05, 4.69) is 4.98 Å². The number of rotatable bonds is 5. The Morgan fingerprint density at radius 1 is 1.53 bits per heavy atom. The molecule has 2 N–H and O–H groups in total. The molecule has 1 aromatic rings. The van der Waals surface area contributed by atoms with E-state index in [1.54, 1.807) is 12.4 Å².